The van der Waals surface area contributed by atoms with Crippen molar-refractivity contribution < 1.29 is 18.4 Å². The number of amidine groups is 2. The first-order valence-electron chi connectivity index (χ1n) is 6.86. The largest absolute Gasteiger partial charge is 0.441 e. The summed E-state index contributed by atoms with van der Waals surface area (Å²) in [6.45, 7) is 0. The smallest absolute Gasteiger partial charge is 0.310 e. The lowest BCUT2D eigenvalue weighted by molar-refractivity contribution is -0.973. The van der Waals surface area contributed by atoms with Crippen molar-refractivity contribution in [1.29, 1.82) is 0 Å². The summed E-state index contributed by atoms with van der Waals surface area (Å²) >= 11 is 5.77. The van der Waals surface area contributed by atoms with Crippen LogP contribution in [-0.2, 0) is 0 Å². The molecule has 0 bridgehead atoms. The molecule has 0 saturated heterocycles. The van der Waals surface area contributed by atoms with Crippen molar-refractivity contribution in [1.82, 2.24) is 0 Å². The zero-order valence-corrected chi connectivity index (χ0v) is 12.8. The number of hydrogen-bond acceptors (Lipinski definition) is 6. The molecule has 0 spiro atoms. The minimum atomic E-state index is -0.620. The van der Waals surface area contributed by atoms with Crippen LogP contribution >= 0.6 is 11.6 Å². The van der Waals surface area contributed by atoms with Crippen LogP contribution in [0.1, 0.15) is 5.76 Å². The zero-order valence-electron chi connectivity index (χ0n) is 12.1. The lowest BCUT2D eigenvalue weighted by Gasteiger charge is -2.23. The number of rotatable bonds is 3. The number of nitrogens with two attached hydrogens (primary N) is 1. The Balaban J connectivity index is 1.72. The van der Waals surface area contributed by atoms with Gasteiger partial charge in [0.1, 0.15) is 0 Å². The highest BCUT2D eigenvalue weighted by molar-refractivity contribution is 6.29. The number of hydrogen-bond donors (Lipinski definition) is 1. The summed E-state index contributed by atoms with van der Waals surface area (Å²) in [5.74, 6) is 0.609. The quantitative estimate of drug-likeness (QED) is 0.867. The molecule has 1 aromatic carbocycles. The van der Waals surface area contributed by atoms with Crippen LogP contribution in [0.15, 0.2) is 67.8 Å². The number of benzene rings is 1. The maximum Gasteiger partial charge on any atom is 0.310 e. The summed E-state index contributed by atoms with van der Waals surface area (Å²) in [5.41, 5.74) is 5.77. The first-order valence-corrected chi connectivity index (χ1v) is 7.24. The van der Waals surface area contributed by atoms with E-state index in [9.17, 15) is 4.39 Å². The molecular formula is C15H10ClFN5O2+. The predicted octanol–water partition coefficient (Wildman–Crippen LogP) is 2.80. The molecule has 2 aromatic rings. The van der Waals surface area contributed by atoms with E-state index < -0.39 is 10.6 Å². The van der Waals surface area contributed by atoms with Crippen LogP contribution in [0.2, 0.25) is 5.22 Å². The monoisotopic (exact) mass is 346 g/mol. The summed E-state index contributed by atoms with van der Waals surface area (Å²) in [7, 11) is 0. The minimum absolute atomic E-state index is 0.00649. The van der Waals surface area contributed by atoms with Gasteiger partial charge in [-0.25, -0.2) is 4.39 Å². The van der Waals surface area contributed by atoms with Gasteiger partial charge in [-0.1, -0.05) is 12.1 Å². The molecule has 2 N–H and O–H groups in total. The van der Waals surface area contributed by atoms with Crippen LogP contribution < -0.4 is 10.6 Å². The van der Waals surface area contributed by atoms with Crippen LogP contribution in [0.3, 0.4) is 0 Å². The highest BCUT2D eigenvalue weighted by Gasteiger charge is 2.45. The lowest BCUT2D eigenvalue weighted by atomic mass is 10.3. The number of aliphatic imine (C=N–C) groups is 2. The molecule has 1 aromatic heterocycles. The number of fused-ring (bicyclic) bond motifs is 1. The van der Waals surface area contributed by atoms with Crippen molar-refractivity contribution >= 4 is 29.6 Å². The first-order chi connectivity index (χ1) is 11.6. The van der Waals surface area contributed by atoms with Gasteiger partial charge in [-0.3, -0.25) is 4.84 Å². The number of hydroxylamine groups is 2. The maximum absolute atomic E-state index is 13.9. The Labute approximate surface area is 140 Å². The van der Waals surface area contributed by atoms with Crippen molar-refractivity contribution in [2.45, 2.75) is 0 Å². The molecule has 0 saturated carbocycles. The Hall–Kier alpha value is -2.97. The molecule has 2 aliphatic heterocycles. The van der Waals surface area contributed by atoms with Gasteiger partial charge in [0.15, 0.2) is 22.6 Å². The SMILES string of the molecule is NC1=N[N+]2(Oc3ccccc3F)C=NC(c3ccc(Cl)o3)=NC2=C1. The molecule has 2 aliphatic rings. The third-order valence-electron chi connectivity index (χ3n) is 3.29. The Bertz CT molecular complexity index is 949. The average Bonchev–Trinajstić information content (AvgIpc) is 3.11. The summed E-state index contributed by atoms with van der Waals surface area (Å²) in [5, 5.41) is 4.36. The standard InChI is InChI=1S/C15H10ClFN5O2/c16-12-6-5-11(23-12)15-19-8-22(14(20-15)7-13(18)21-22)24-10-4-2-1-3-9(10)17/h1-8H,(H2,18,21)/q+1. The van der Waals surface area contributed by atoms with Gasteiger partial charge in [0, 0.05) is 0 Å². The molecule has 3 heterocycles. The minimum Gasteiger partial charge on any atom is -0.441 e. The van der Waals surface area contributed by atoms with Gasteiger partial charge in [0.25, 0.3) is 6.34 Å². The number of furan rings is 1. The van der Waals surface area contributed by atoms with Crippen molar-refractivity contribution in [3.63, 3.8) is 0 Å². The molecule has 0 aliphatic carbocycles. The van der Waals surface area contributed by atoms with E-state index in [1.807, 2.05) is 0 Å². The van der Waals surface area contributed by atoms with E-state index in [2.05, 4.69) is 15.1 Å². The predicted molar refractivity (Wildman–Crippen MR) is 85.7 cm³/mol. The third-order valence-corrected chi connectivity index (χ3v) is 3.50. The van der Waals surface area contributed by atoms with E-state index in [1.54, 1.807) is 24.3 Å². The molecule has 0 fully saturated rings. The van der Waals surface area contributed by atoms with Crippen molar-refractivity contribution in [2.75, 3.05) is 0 Å². The molecule has 120 valence electrons. The van der Waals surface area contributed by atoms with E-state index in [4.69, 9.17) is 26.6 Å². The summed E-state index contributed by atoms with van der Waals surface area (Å²) in [6, 6.07) is 9.17. The van der Waals surface area contributed by atoms with Crippen molar-refractivity contribution in [3.8, 4) is 5.75 Å². The fourth-order valence-electron chi connectivity index (χ4n) is 2.25. The maximum atomic E-state index is 13.9. The second-order valence-electron chi connectivity index (χ2n) is 4.96. The van der Waals surface area contributed by atoms with Gasteiger partial charge in [0.2, 0.25) is 11.6 Å². The average molecular weight is 347 g/mol. The summed E-state index contributed by atoms with van der Waals surface area (Å²) in [4.78, 5) is 14.2. The van der Waals surface area contributed by atoms with E-state index in [0.717, 1.165) is 0 Å². The van der Waals surface area contributed by atoms with Gasteiger partial charge >= 0.3 is 5.82 Å². The summed E-state index contributed by atoms with van der Waals surface area (Å²) in [6.07, 6.45) is 2.85. The van der Waals surface area contributed by atoms with Gasteiger partial charge in [-0.2, -0.15) is 9.98 Å². The summed E-state index contributed by atoms with van der Waals surface area (Å²) < 4.78 is 18.6. The van der Waals surface area contributed by atoms with Crippen molar-refractivity contribution in [2.24, 2.45) is 20.8 Å². The lowest BCUT2D eigenvalue weighted by Crippen LogP contribution is -2.44. The molecule has 0 radical (unpaired) electrons. The van der Waals surface area contributed by atoms with E-state index in [0.29, 0.717) is 11.6 Å². The van der Waals surface area contributed by atoms with Crippen LogP contribution in [0.5, 0.6) is 5.75 Å². The second kappa shape index (κ2) is 5.29. The molecule has 1 atom stereocenters. The molecule has 0 amide bonds. The van der Waals surface area contributed by atoms with Crippen LogP contribution in [-0.4, -0.2) is 22.8 Å². The zero-order chi connectivity index (χ0) is 16.7. The topological polar surface area (TPSA) is 85.5 Å². The second-order valence-corrected chi connectivity index (χ2v) is 5.33. The number of halogens is 2. The van der Waals surface area contributed by atoms with Gasteiger partial charge in [0.05, 0.1) is 10.8 Å². The molecule has 1 unspecified atom stereocenters. The van der Waals surface area contributed by atoms with Crippen LogP contribution in [0, 0.1) is 5.82 Å². The number of nitrogens with zero attached hydrogens (tertiary/aromatic N) is 4. The molecule has 9 heteroatoms. The number of para-hydroxylation sites is 1. The Morgan fingerprint density at radius 2 is 2.04 bits per heavy atom. The normalized spacial score (nSPS) is 21.8. The van der Waals surface area contributed by atoms with Gasteiger partial charge in [-0.05, 0) is 41.0 Å². The molecular weight excluding hydrogens is 337 g/mol. The first kappa shape index (κ1) is 14.6. The molecule has 24 heavy (non-hydrogen) atoms. The van der Waals surface area contributed by atoms with E-state index in [-0.39, 0.29) is 22.6 Å². The highest BCUT2D eigenvalue weighted by atomic mass is 35.5. The Kier molecular flexibility index (Phi) is 3.22. The number of quaternary nitrogens is 1. The fraction of sp³-hybridized carbons (Fsp3) is 0. The third kappa shape index (κ3) is 2.38. The molecule has 4 rings (SSSR count). The van der Waals surface area contributed by atoms with E-state index >= 15 is 0 Å². The van der Waals surface area contributed by atoms with Crippen molar-refractivity contribution in [3.05, 3.63) is 65.1 Å². The molecule has 7 nitrogen and oxygen atoms in total. The Morgan fingerprint density at radius 1 is 1.21 bits per heavy atom. The Morgan fingerprint density at radius 3 is 2.79 bits per heavy atom. The van der Waals surface area contributed by atoms with Crippen LogP contribution in [0.25, 0.3) is 0 Å². The van der Waals surface area contributed by atoms with Crippen LogP contribution in [0.4, 0.5) is 4.39 Å². The highest BCUT2D eigenvalue weighted by Crippen LogP contribution is 2.31. The fourth-order valence-corrected chi connectivity index (χ4v) is 2.39. The van der Waals surface area contributed by atoms with E-state index in [1.165, 1.54) is 24.5 Å². The van der Waals surface area contributed by atoms with Gasteiger partial charge < -0.3 is 10.2 Å². The van der Waals surface area contributed by atoms with Gasteiger partial charge in [-0.15, -0.1) is 0 Å².